The topological polar surface area (TPSA) is 12.0 Å². The maximum absolute atomic E-state index is 6.12. The van der Waals surface area contributed by atoms with Crippen LogP contribution in [0.5, 0.6) is 0 Å². The van der Waals surface area contributed by atoms with Crippen LogP contribution in [-0.2, 0) is 0 Å². The van der Waals surface area contributed by atoms with E-state index >= 15 is 0 Å². The van der Waals surface area contributed by atoms with Gasteiger partial charge >= 0.3 is 0 Å². The summed E-state index contributed by atoms with van der Waals surface area (Å²) in [5.74, 6) is 2.64. The van der Waals surface area contributed by atoms with Crippen LogP contribution in [0.1, 0.15) is 38.8 Å². The summed E-state index contributed by atoms with van der Waals surface area (Å²) in [7, 11) is 0. The molecule has 0 bridgehead atoms. The highest BCUT2D eigenvalue weighted by molar-refractivity contribution is 7.99. The van der Waals surface area contributed by atoms with Gasteiger partial charge in [-0.25, -0.2) is 0 Å². The van der Waals surface area contributed by atoms with Crippen molar-refractivity contribution in [3.8, 4) is 0 Å². The van der Waals surface area contributed by atoms with Crippen molar-refractivity contribution in [1.29, 1.82) is 0 Å². The molecule has 2 atom stereocenters. The molecule has 18 heavy (non-hydrogen) atoms. The third kappa shape index (κ3) is 3.43. The normalized spacial score (nSPS) is 20.8. The molecule has 0 radical (unpaired) electrons. The minimum atomic E-state index is 0.473. The first-order chi connectivity index (χ1) is 8.58. The van der Waals surface area contributed by atoms with Gasteiger partial charge in [-0.2, -0.15) is 0 Å². The van der Waals surface area contributed by atoms with Crippen molar-refractivity contribution in [2.24, 2.45) is 11.8 Å². The standard InChI is InChI=1S/C15H22ClNS/c1-10(2)11(3)9-17-14-6-7-18-15-5-4-12(16)8-13(14)15/h4-5,8,10-11,14,17H,6-7,9H2,1-3H3. The second kappa shape index (κ2) is 6.31. The van der Waals surface area contributed by atoms with Gasteiger partial charge in [0.25, 0.3) is 0 Å². The van der Waals surface area contributed by atoms with E-state index in [-0.39, 0.29) is 0 Å². The molecule has 0 spiro atoms. The van der Waals surface area contributed by atoms with Crippen molar-refractivity contribution in [2.75, 3.05) is 12.3 Å². The molecule has 1 heterocycles. The van der Waals surface area contributed by atoms with Crippen LogP contribution >= 0.6 is 23.4 Å². The van der Waals surface area contributed by atoms with E-state index < -0.39 is 0 Å². The number of thioether (sulfide) groups is 1. The van der Waals surface area contributed by atoms with Gasteiger partial charge in [0.15, 0.2) is 0 Å². The molecule has 3 heteroatoms. The van der Waals surface area contributed by atoms with E-state index in [1.54, 1.807) is 0 Å². The van der Waals surface area contributed by atoms with Crippen molar-refractivity contribution in [3.05, 3.63) is 28.8 Å². The maximum atomic E-state index is 6.12. The maximum Gasteiger partial charge on any atom is 0.0410 e. The van der Waals surface area contributed by atoms with Crippen molar-refractivity contribution >= 4 is 23.4 Å². The summed E-state index contributed by atoms with van der Waals surface area (Å²) in [5, 5.41) is 4.56. The molecule has 0 saturated carbocycles. The van der Waals surface area contributed by atoms with Gasteiger partial charge < -0.3 is 5.32 Å². The molecular formula is C15H22ClNS. The predicted molar refractivity (Wildman–Crippen MR) is 81.5 cm³/mol. The molecule has 1 aromatic rings. The SMILES string of the molecule is CC(C)C(C)CNC1CCSc2ccc(Cl)cc21. The zero-order valence-electron chi connectivity index (χ0n) is 11.4. The number of hydrogen-bond acceptors (Lipinski definition) is 2. The van der Waals surface area contributed by atoms with Crippen LogP contribution in [0.3, 0.4) is 0 Å². The van der Waals surface area contributed by atoms with Crippen LogP contribution in [0.15, 0.2) is 23.1 Å². The first kappa shape index (κ1) is 14.2. The summed E-state index contributed by atoms with van der Waals surface area (Å²) in [4.78, 5) is 1.39. The largest absolute Gasteiger partial charge is 0.310 e. The van der Waals surface area contributed by atoms with Gasteiger partial charge in [-0.15, -0.1) is 11.8 Å². The molecule has 1 aromatic carbocycles. The minimum absolute atomic E-state index is 0.473. The smallest absolute Gasteiger partial charge is 0.0410 e. The lowest BCUT2D eigenvalue weighted by Crippen LogP contribution is -2.30. The van der Waals surface area contributed by atoms with Gasteiger partial charge in [-0.05, 0) is 54.3 Å². The fraction of sp³-hybridized carbons (Fsp3) is 0.600. The molecule has 0 saturated heterocycles. The van der Waals surface area contributed by atoms with Gasteiger partial charge in [-0.1, -0.05) is 32.4 Å². The highest BCUT2D eigenvalue weighted by atomic mass is 35.5. The fourth-order valence-corrected chi connectivity index (χ4v) is 3.43. The Hall–Kier alpha value is -0.180. The number of halogens is 1. The van der Waals surface area contributed by atoms with E-state index in [0.29, 0.717) is 12.0 Å². The molecule has 0 fully saturated rings. The first-order valence-corrected chi connectivity index (χ1v) is 8.10. The van der Waals surface area contributed by atoms with Crippen LogP contribution in [0.2, 0.25) is 5.02 Å². The first-order valence-electron chi connectivity index (χ1n) is 6.73. The summed E-state index contributed by atoms with van der Waals surface area (Å²) in [5.41, 5.74) is 1.38. The second-order valence-corrected chi connectivity index (χ2v) is 7.07. The van der Waals surface area contributed by atoms with Gasteiger partial charge in [0.1, 0.15) is 0 Å². The number of benzene rings is 1. The summed E-state index contributed by atoms with van der Waals surface area (Å²) in [6.07, 6.45) is 1.20. The lowest BCUT2D eigenvalue weighted by Gasteiger charge is -2.28. The van der Waals surface area contributed by atoms with Crippen LogP contribution in [-0.4, -0.2) is 12.3 Å². The Morgan fingerprint density at radius 1 is 1.39 bits per heavy atom. The molecule has 100 valence electrons. The number of hydrogen-bond donors (Lipinski definition) is 1. The summed E-state index contributed by atoms with van der Waals surface area (Å²) in [6.45, 7) is 7.97. The zero-order chi connectivity index (χ0) is 13.1. The van der Waals surface area contributed by atoms with E-state index in [1.807, 2.05) is 17.8 Å². The fourth-order valence-electron chi connectivity index (χ4n) is 2.14. The summed E-state index contributed by atoms with van der Waals surface area (Å²) in [6, 6.07) is 6.75. The molecule has 1 nitrogen and oxygen atoms in total. The van der Waals surface area contributed by atoms with Crippen LogP contribution in [0, 0.1) is 11.8 Å². The molecule has 1 aliphatic rings. The van der Waals surface area contributed by atoms with Crippen molar-refractivity contribution < 1.29 is 0 Å². The van der Waals surface area contributed by atoms with E-state index in [2.05, 4.69) is 38.2 Å². The van der Waals surface area contributed by atoms with Gasteiger partial charge in [0, 0.05) is 16.0 Å². The third-order valence-corrected chi connectivity index (χ3v) is 5.19. The van der Waals surface area contributed by atoms with E-state index in [0.717, 1.165) is 17.5 Å². The third-order valence-electron chi connectivity index (χ3n) is 3.84. The van der Waals surface area contributed by atoms with Crippen LogP contribution in [0.25, 0.3) is 0 Å². The summed E-state index contributed by atoms with van der Waals surface area (Å²) >= 11 is 8.06. The van der Waals surface area contributed by atoms with Crippen LogP contribution in [0.4, 0.5) is 0 Å². The van der Waals surface area contributed by atoms with Gasteiger partial charge in [0.2, 0.25) is 0 Å². The average molecular weight is 284 g/mol. The Morgan fingerprint density at radius 2 is 2.17 bits per heavy atom. The van der Waals surface area contributed by atoms with Crippen molar-refractivity contribution in [1.82, 2.24) is 5.32 Å². The van der Waals surface area contributed by atoms with E-state index in [9.17, 15) is 0 Å². The Bertz CT molecular complexity index is 405. The molecular weight excluding hydrogens is 262 g/mol. The van der Waals surface area contributed by atoms with E-state index in [4.69, 9.17) is 11.6 Å². The number of nitrogens with one attached hydrogen (secondary N) is 1. The Labute approximate surface area is 120 Å². The summed E-state index contributed by atoms with van der Waals surface area (Å²) < 4.78 is 0. The van der Waals surface area contributed by atoms with E-state index in [1.165, 1.54) is 22.6 Å². The lowest BCUT2D eigenvalue weighted by molar-refractivity contribution is 0.364. The molecule has 2 unspecified atom stereocenters. The van der Waals surface area contributed by atoms with Crippen molar-refractivity contribution in [2.45, 2.75) is 38.1 Å². The molecule has 0 aliphatic carbocycles. The highest BCUT2D eigenvalue weighted by Gasteiger charge is 2.21. The van der Waals surface area contributed by atoms with Crippen molar-refractivity contribution in [3.63, 3.8) is 0 Å². The Kier molecular flexibility index (Phi) is 4.99. The zero-order valence-corrected chi connectivity index (χ0v) is 12.9. The lowest BCUT2D eigenvalue weighted by atomic mass is 9.96. The molecule has 1 N–H and O–H groups in total. The molecule has 0 amide bonds. The number of fused-ring (bicyclic) bond motifs is 1. The molecule has 0 aromatic heterocycles. The Morgan fingerprint density at radius 3 is 2.89 bits per heavy atom. The Balaban J connectivity index is 2.05. The minimum Gasteiger partial charge on any atom is -0.310 e. The molecule has 1 aliphatic heterocycles. The average Bonchev–Trinajstić information content (AvgIpc) is 2.35. The monoisotopic (exact) mass is 283 g/mol. The predicted octanol–water partition coefficient (Wildman–Crippen LogP) is 4.76. The molecule has 2 rings (SSSR count). The number of rotatable bonds is 4. The highest BCUT2D eigenvalue weighted by Crippen LogP contribution is 2.37. The second-order valence-electron chi connectivity index (χ2n) is 5.50. The van der Waals surface area contributed by atoms with Gasteiger partial charge in [-0.3, -0.25) is 0 Å². The van der Waals surface area contributed by atoms with Crippen LogP contribution < -0.4 is 5.32 Å². The quantitative estimate of drug-likeness (QED) is 0.855. The van der Waals surface area contributed by atoms with Gasteiger partial charge in [0.05, 0.1) is 0 Å².